The molecule has 1 aliphatic rings. The maximum atomic E-state index is 12.5. The highest BCUT2D eigenvalue weighted by Crippen LogP contribution is 2.44. The molecule has 0 atom stereocenters. The van der Waals surface area contributed by atoms with Crippen molar-refractivity contribution in [3.8, 4) is 0 Å². The minimum absolute atomic E-state index is 0.0117. The predicted octanol–water partition coefficient (Wildman–Crippen LogP) is 1.14. The third-order valence-electron chi connectivity index (χ3n) is 3.03. The number of aliphatic hydroxyl groups is 1. The zero-order chi connectivity index (χ0) is 11.6. The number of nitrogens with one attached hydrogen (secondary N) is 1. The van der Waals surface area contributed by atoms with Crippen LogP contribution in [0.3, 0.4) is 0 Å². The summed E-state index contributed by atoms with van der Waals surface area (Å²) < 4.78 is 25.8. The van der Waals surface area contributed by atoms with Gasteiger partial charge in [-0.2, -0.15) is 8.78 Å². The van der Waals surface area contributed by atoms with Crippen LogP contribution in [0, 0.1) is 5.41 Å². The Morgan fingerprint density at radius 1 is 1.56 bits per heavy atom. The van der Waals surface area contributed by atoms with Crippen LogP contribution in [0.15, 0.2) is 12.4 Å². The van der Waals surface area contributed by atoms with Gasteiger partial charge in [-0.1, -0.05) is 0 Å². The van der Waals surface area contributed by atoms with Crippen LogP contribution in [0.2, 0.25) is 0 Å². The number of hydrogen-bond acceptors (Lipinski definition) is 3. The molecule has 0 bridgehead atoms. The van der Waals surface area contributed by atoms with E-state index in [4.69, 9.17) is 5.11 Å². The number of aromatic nitrogens is 2. The zero-order valence-electron chi connectivity index (χ0n) is 8.87. The van der Waals surface area contributed by atoms with E-state index in [0.717, 1.165) is 17.4 Å². The summed E-state index contributed by atoms with van der Waals surface area (Å²) in [5.41, 5.74) is -0.0117. The second-order valence-electron chi connectivity index (χ2n) is 4.29. The van der Waals surface area contributed by atoms with E-state index in [1.54, 1.807) is 0 Å². The lowest BCUT2D eigenvalue weighted by atomic mass is 10.1. The SMILES string of the molecule is OCC1(CNCc2nccn2C(F)F)CC1. The van der Waals surface area contributed by atoms with Gasteiger partial charge < -0.3 is 10.4 Å². The van der Waals surface area contributed by atoms with Gasteiger partial charge >= 0.3 is 6.55 Å². The number of aliphatic hydroxyl groups excluding tert-OH is 1. The molecular weight excluding hydrogens is 216 g/mol. The number of hydrogen-bond donors (Lipinski definition) is 2. The molecule has 2 N–H and O–H groups in total. The van der Waals surface area contributed by atoms with E-state index < -0.39 is 6.55 Å². The molecule has 1 aliphatic carbocycles. The molecule has 0 amide bonds. The second-order valence-corrected chi connectivity index (χ2v) is 4.29. The fourth-order valence-electron chi connectivity index (χ4n) is 1.67. The molecular formula is C10H15F2N3O. The highest BCUT2D eigenvalue weighted by molar-refractivity contribution is 4.96. The number of nitrogens with zero attached hydrogens (tertiary/aromatic N) is 2. The second kappa shape index (κ2) is 4.47. The molecule has 90 valence electrons. The van der Waals surface area contributed by atoms with Crippen LogP contribution >= 0.6 is 0 Å². The van der Waals surface area contributed by atoms with Gasteiger partial charge in [0.2, 0.25) is 0 Å². The molecule has 4 nitrogen and oxygen atoms in total. The Balaban J connectivity index is 1.83. The first-order valence-electron chi connectivity index (χ1n) is 5.28. The minimum atomic E-state index is -2.55. The average molecular weight is 231 g/mol. The smallest absolute Gasteiger partial charge is 0.319 e. The van der Waals surface area contributed by atoms with E-state index in [-0.39, 0.29) is 12.0 Å². The molecule has 0 saturated heterocycles. The van der Waals surface area contributed by atoms with Crippen LogP contribution in [0.4, 0.5) is 8.78 Å². The summed E-state index contributed by atoms with van der Waals surface area (Å²) in [6.45, 7) is -1.44. The van der Waals surface area contributed by atoms with Gasteiger partial charge in [0.1, 0.15) is 5.82 Å². The van der Waals surface area contributed by atoms with Gasteiger partial charge in [0, 0.05) is 31.0 Å². The third kappa shape index (κ3) is 2.38. The van der Waals surface area contributed by atoms with E-state index in [0.29, 0.717) is 18.9 Å². The Bertz CT molecular complexity index is 350. The lowest BCUT2D eigenvalue weighted by Gasteiger charge is -2.13. The Labute approximate surface area is 92.3 Å². The number of halogens is 2. The van der Waals surface area contributed by atoms with Crippen LogP contribution in [-0.4, -0.2) is 27.8 Å². The summed E-state index contributed by atoms with van der Waals surface area (Å²) >= 11 is 0. The molecule has 0 unspecified atom stereocenters. The summed E-state index contributed by atoms with van der Waals surface area (Å²) in [5.74, 6) is 0.323. The lowest BCUT2D eigenvalue weighted by molar-refractivity contribution is 0.0665. The quantitative estimate of drug-likeness (QED) is 0.772. The van der Waals surface area contributed by atoms with Crippen molar-refractivity contribution in [2.24, 2.45) is 5.41 Å². The monoisotopic (exact) mass is 231 g/mol. The molecule has 1 saturated carbocycles. The summed E-state index contributed by atoms with van der Waals surface area (Å²) in [5, 5.41) is 12.1. The molecule has 0 aromatic carbocycles. The van der Waals surface area contributed by atoms with Crippen molar-refractivity contribution in [3.05, 3.63) is 18.2 Å². The first kappa shape index (κ1) is 11.5. The number of rotatable bonds is 6. The van der Waals surface area contributed by atoms with Gasteiger partial charge in [-0.05, 0) is 12.8 Å². The van der Waals surface area contributed by atoms with Crippen LogP contribution < -0.4 is 5.32 Å². The average Bonchev–Trinajstić information content (AvgIpc) is 2.88. The first-order chi connectivity index (χ1) is 7.67. The normalized spacial score (nSPS) is 18.0. The maximum Gasteiger partial charge on any atom is 0.319 e. The lowest BCUT2D eigenvalue weighted by Crippen LogP contribution is -2.27. The minimum Gasteiger partial charge on any atom is -0.396 e. The van der Waals surface area contributed by atoms with Gasteiger partial charge in [-0.3, -0.25) is 4.57 Å². The van der Waals surface area contributed by atoms with Crippen molar-refractivity contribution in [2.45, 2.75) is 25.9 Å². The first-order valence-corrected chi connectivity index (χ1v) is 5.28. The Morgan fingerprint density at radius 3 is 2.88 bits per heavy atom. The standard InChI is InChI=1S/C10H15F2N3O/c11-9(12)15-4-3-14-8(15)5-13-6-10(7-16)1-2-10/h3-4,9,13,16H,1-2,5-7H2. The van der Waals surface area contributed by atoms with E-state index >= 15 is 0 Å². The van der Waals surface area contributed by atoms with Crippen LogP contribution in [0.5, 0.6) is 0 Å². The molecule has 1 heterocycles. The molecule has 1 aromatic heterocycles. The summed E-state index contributed by atoms with van der Waals surface area (Å²) in [4.78, 5) is 3.86. The topological polar surface area (TPSA) is 50.1 Å². The fraction of sp³-hybridized carbons (Fsp3) is 0.700. The highest BCUT2D eigenvalue weighted by Gasteiger charge is 2.41. The van der Waals surface area contributed by atoms with Crippen molar-refractivity contribution in [1.29, 1.82) is 0 Å². The van der Waals surface area contributed by atoms with Crippen LogP contribution in [-0.2, 0) is 6.54 Å². The highest BCUT2D eigenvalue weighted by atomic mass is 19.3. The summed E-state index contributed by atoms with van der Waals surface area (Å²) in [6.07, 6.45) is 4.63. The van der Waals surface area contributed by atoms with E-state index in [2.05, 4.69) is 10.3 Å². The third-order valence-corrected chi connectivity index (χ3v) is 3.03. The molecule has 1 fully saturated rings. The fourth-order valence-corrected chi connectivity index (χ4v) is 1.67. The molecule has 6 heteroatoms. The number of imidazole rings is 1. The van der Waals surface area contributed by atoms with Crippen molar-refractivity contribution >= 4 is 0 Å². The Morgan fingerprint density at radius 2 is 2.31 bits per heavy atom. The largest absolute Gasteiger partial charge is 0.396 e. The molecule has 1 aromatic rings. The van der Waals surface area contributed by atoms with Crippen molar-refractivity contribution in [1.82, 2.24) is 14.9 Å². The summed E-state index contributed by atoms with van der Waals surface area (Å²) in [6, 6.07) is 0. The van der Waals surface area contributed by atoms with Gasteiger partial charge in [0.05, 0.1) is 6.54 Å². The predicted molar refractivity (Wildman–Crippen MR) is 53.9 cm³/mol. The Kier molecular flexibility index (Phi) is 3.20. The maximum absolute atomic E-state index is 12.5. The van der Waals surface area contributed by atoms with E-state index in [1.165, 1.54) is 12.4 Å². The van der Waals surface area contributed by atoms with Gasteiger partial charge in [0.25, 0.3) is 0 Å². The van der Waals surface area contributed by atoms with Gasteiger partial charge in [-0.25, -0.2) is 4.98 Å². The van der Waals surface area contributed by atoms with Crippen molar-refractivity contribution in [2.75, 3.05) is 13.2 Å². The van der Waals surface area contributed by atoms with E-state index in [9.17, 15) is 8.78 Å². The van der Waals surface area contributed by atoms with Gasteiger partial charge in [-0.15, -0.1) is 0 Å². The molecule has 0 spiro atoms. The molecule has 0 radical (unpaired) electrons. The number of alkyl halides is 2. The molecule has 16 heavy (non-hydrogen) atoms. The van der Waals surface area contributed by atoms with Crippen molar-refractivity contribution in [3.63, 3.8) is 0 Å². The van der Waals surface area contributed by atoms with Crippen molar-refractivity contribution < 1.29 is 13.9 Å². The van der Waals surface area contributed by atoms with Crippen LogP contribution in [0.25, 0.3) is 0 Å². The molecule has 2 rings (SSSR count). The summed E-state index contributed by atoms with van der Waals surface area (Å²) in [7, 11) is 0. The van der Waals surface area contributed by atoms with Gasteiger partial charge in [0.15, 0.2) is 0 Å². The van der Waals surface area contributed by atoms with Crippen LogP contribution in [0.1, 0.15) is 25.2 Å². The Hall–Kier alpha value is -1.01. The molecule has 0 aliphatic heterocycles. The zero-order valence-corrected chi connectivity index (χ0v) is 8.87. The van der Waals surface area contributed by atoms with E-state index in [1.807, 2.05) is 0 Å².